The Morgan fingerprint density at radius 2 is 2.07 bits per heavy atom. The Morgan fingerprint density at radius 1 is 1.24 bits per heavy atom. The number of carbonyl (C=O) groups excluding carboxylic acids is 1. The van der Waals surface area contributed by atoms with E-state index in [0.717, 1.165) is 16.0 Å². The highest BCUT2D eigenvalue weighted by atomic mass is 35.5. The van der Waals surface area contributed by atoms with Crippen molar-refractivity contribution in [2.45, 2.75) is 13.1 Å². The lowest BCUT2D eigenvalue weighted by Gasteiger charge is -2.18. The van der Waals surface area contributed by atoms with Crippen LogP contribution in [0, 0.1) is 0 Å². The lowest BCUT2D eigenvalue weighted by molar-refractivity contribution is -0.131. The van der Waals surface area contributed by atoms with Gasteiger partial charge in [0, 0.05) is 39.5 Å². The summed E-state index contributed by atoms with van der Waals surface area (Å²) in [5, 5.41) is 5.49. The van der Waals surface area contributed by atoms with Crippen LogP contribution in [0.25, 0.3) is 20.7 Å². The molecule has 148 valence electrons. The summed E-state index contributed by atoms with van der Waals surface area (Å²) in [6.07, 6.45) is 1.43. The topological polar surface area (TPSA) is 55.2 Å². The first-order chi connectivity index (χ1) is 13.9. The molecule has 0 saturated carbocycles. The lowest BCUT2D eigenvalue weighted by Crippen LogP contribution is -2.33. The molecule has 3 aromatic heterocycles. The van der Waals surface area contributed by atoms with Crippen LogP contribution in [0.5, 0.6) is 0 Å². The van der Waals surface area contributed by atoms with E-state index in [9.17, 15) is 9.59 Å². The molecule has 0 unspecified atom stereocenters. The summed E-state index contributed by atoms with van der Waals surface area (Å²) >= 11 is 15.1. The number of nitrogens with zero attached hydrogens (tertiary/aromatic N) is 3. The molecule has 0 fully saturated rings. The molecule has 0 atom stereocenters. The molecule has 1 amide bonds. The lowest BCUT2D eigenvalue weighted by atomic mass is 10.2. The zero-order valence-corrected chi connectivity index (χ0v) is 18.4. The maximum Gasteiger partial charge on any atom is 0.263 e. The zero-order chi connectivity index (χ0) is 20.5. The van der Waals surface area contributed by atoms with Gasteiger partial charge in [-0.15, -0.1) is 22.7 Å². The van der Waals surface area contributed by atoms with Gasteiger partial charge in [-0.2, -0.15) is 0 Å². The molecule has 0 aliphatic carbocycles. The minimum atomic E-state index is -0.217. The van der Waals surface area contributed by atoms with Gasteiger partial charge in [0.25, 0.3) is 5.56 Å². The van der Waals surface area contributed by atoms with Gasteiger partial charge >= 0.3 is 0 Å². The third-order valence-electron chi connectivity index (χ3n) is 4.50. The molecule has 0 saturated heterocycles. The highest BCUT2D eigenvalue weighted by Gasteiger charge is 2.17. The summed E-state index contributed by atoms with van der Waals surface area (Å²) in [6, 6.07) is 9.07. The molecule has 0 aliphatic heterocycles. The fourth-order valence-electron chi connectivity index (χ4n) is 2.95. The van der Waals surface area contributed by atoms with Gasteiger partial charge in [0.05, 0.1) is 11.7 Å². The largest absolute Gasteiger partial charge is 0.340 e. The molecule has 4 aromatic rings. The fraction of sp³-hybridized carbons (Fsp3) is 0.150. The minimum Gasteiger partial charge on any atom is -0.340 e. The number of amides is 1. The summed E-state index contributed by atoms with van der Waals surface area (Å²) in [5.41, 5.74) is 1.43. The van der Waals surface area contributed by atoms with Crippen molar-refractivity contribution in [3.63, 3.8) is 0 Å². The van der Waals surface area contributed by atoms with Crippen molar-refractivity contribution in [2.75, 3.05) is 7.05 Å². The summed E-state index contributed by atoms with van der Waals surface area (Å²) in [7, 11) is 1.67. The van der Waals surface area contributed by atoms with Gasteiger partial charge in [0.2, 0.25) is 5.91 Å². The summed E-state index contributed by atoms with van der Waals surface area (Å²) in [5.74, 6) is -0.216. The van der Waals surface area contributed by atoms with Crippen LogP contribution in [0.1, 0.15) is 5.56 Å². The Labute approximate surface area is 184 Å². The van der Waals surface area contributed by atoms with E-state index in [1.54, 1.807) is 36.6 Å². The smallest absolute Gasteiger partial charge is 0.263 e. The van der Waals surface area contributed by atoms with Crippen molar-refractivity contribution in [2.24, 2.45) is 0 Å². The van der Waals surface area contributed by atoms with Crippen molar-refractivity contribution in [1.29, 1.82) is 0 Å². The van der Waals surface area contributed by atoms with Gasteiger partial charge in [-0.25, -0.2) is 4.98 Å². The molecule has 3 heterocycles. The van der Waals surface area contributed by atoms with Crippen LogP contribution < -0.4 is 5.56 Å². The Morgan fingerprint density at radius 3 is 2.79 bits per heavy atom. The molecular formula is C20H15Cl2N3O2S2. The number of halogens is 2. The van der Waals surface area contributed by atoms with E-state index in [-0.39, 0.29) is 18.0 Å². The van der Waals surface area contributed by atoms with Crippen molar-refractivity contribution >= 4 is 62.0 Å². The van der Waals surface area contributed by atoms with Crippen LogP contribution in [0.3, 0.4) is 0 Å². The van der Waals surface area contributed by atoms with Crippen LogP contribution >= 0.6 is 45.9 Å². The van der Waals surface area contributed by atoms with Crippen molar-refractivity contribution in [1.82, 2.24) is 14.5 Å². The van der Waals surface area contributed by atoms with E-state index in [0.29, 0.717) is 26.8 Å². The number of benzene rings is 1. The second-order valence-corrected chi connectivity index (χ2v) is 9.12. The highest BCUT2D eigenvalue weighted by Crippen LogP contribution is 2.33. The number of carbonyl (C=O) groups is 1. The van der Waals surface area contributed by atoms with Crippen LogP contribution in [0.2, 0.25) is 10.0 Å². The first-order valence-corrected chi connectivity index (χ1v) is 11.1. The van der Waals surface area contributed by atoms with E-state index in [2.05, 4.69) is 4.98 Å². The normalized spacial score (nSPS) is 11.1. The third kappa shape index (κ3) is 4.09. The Balaban J connectivity index is 1.58. The molecule has 4 rings (SSSR count). The molecule has 0 spiro atoms. The average Bonchev–Trinajstić information content (AvgIpc) is 3.35. The fourth-order valence-corrected chi connectivity index (χ4v) is 5.14. The van der Waals surface area contributed by atoms with Crippen molar-refractivity contribution < 1.29 is 4.79 Å². The van der Waals surface area contributed by atoms with Crippen molar-refractivity contribution in [3.8, 4) is 10.4 Å². The number of aromatic nitrogens is 2. The zero-order valence-electron chi connectivity index (χ0n) is 15.3. The third-order valence-corrected chi connectivity index (χ3v) is 6.88. The maximum atomic E-state index is 13.0. The summed E-state index contributed by atoms with van der Waals surface area (Å²) < 4.78 is 1.36. The van der Waals surface area contributed by atoms with Gasteiger partial charge in [-0.1, -0.05) is 35.3 Å². The summed E-state index contributed by atoms with van der Waals surface area (Å²) in [6.45, 7) is 0.224. The quantitative estimate of drug-likeness (QED) is 0.411. The van der Waals surface area contributed by atoms with Crippen LogP contribution in [-0.2, 0) is 17.9 Å². The number of thiophene rings is 2. The van der Waals surface area contributed by atoms with E-state index in [4.69, 9.17) is 23.2 Å². The SMILES string of the molecule is CN(Cc1ccc(Cl)cc1Cl)C(=O)Cn1cnc2scc(-c3cccs3)c2c1=O. The first-order valence-electron chi connectivity index (χ1n) is 8.62. The molecule has 1 aromatic carbocycles. The molecule has 9 heteroatoms. The minimum absolute atomic E-state index is 0.0940. The monoisotopic (exact) mass is 463 g/mol. The second kappa shape index (κ2) is 8.28. The van der Waals surface area contributed by atoms with E-state index in [1.165, 1.54) is 27.1 Å². The van der Waals surface area contributed by atoms with Gasteiger partial charge in [0.15, 0.2) is 0 Å². The number of rotatable bonds is 5. The molecular weight excluding hydrogens is 449 g/mol. The second-order valence-electron chi connectivity index (χ2n) is 6.47. The Bertz CT molecular complexity index is 1250. The van der Waals surface area contributed by atoms with Crippen molar-refractivity contribution in [3.05, 3.63) is 73.4 Å². The molecule has 0 bridgehead atoms. The predicted octanol–water partition coefficient (Wildman–Crippen LogP) is 5.15. The van der Waals surface area contributed by atoms with Gasteiger partial charge in [-0.3, -0.25) is 14.2 Å². The van der Waals surface area contributed by atoms with E-state index < -0.39 is 0 Å². The summed E-state index contributed by atoms with van der Waals surface area (Å²) in [4.78, 5) is 33.3. The highest BCUT2D eigenvalue weighted by molar-refractivity contribution is 7.18. The predicted molar refractivity (Wildman–Crippen MR) is 120 cm³/mol. The molecule has 29 heavy (non-hydrogen) atoms. The molecule has 0 radical (unpaired) electrons. The number of likely N-dealkylation sites (N-methyl/N-ethyl adjacent to an activating group) is 1. The van der Waals surface area contributed by atoms with E-state index >= 15 is 0 Å². The van der Waals surface area contributed by atoms with E-state index in [1.807, 2.05) is 22.9 Å². The number of hydrogen-bond donors (Lipinski definition) is 0. The number of hydrogen-bond acceptors (Lipinski definition) is 5. The van der Waals surface area contributed by atoms with Crippen LogP contribution in [0.4, 0.5) is 0 Å². The standard InChI is InChI=1S/C20H15Cl2N3O2S2/c1-24(8-12-4-5-13(21)7-15(12)22)17(26)9-25-11-23-19-18(20(25)27)14(10-29-19)16-3-2-6-28-16/h2-7,10-11H,8-9H2,1H3. The molecule has 0 N–H and O–H groups in total. The van der Waals surface area contributed by atoms with Gasteiger partial charge < -0.3 is 4.90 Å². The molecule has 0 aliphatic rings. The molecule has 5 nitrogen and oxygen atoms in total. The maximum absolute atomic E-state index is 13.0. The first kappa shape index (κ1) is 20.1. The average molecular weight is 464 g/mol. The van der Waals surface area contributed by atoms with Gasteiger partial charge in [-0.05, 0) is 29.1 Å². The van der Waals surface area contributed by atoms with Gasteiger partial charge in [0.1, 0.15) is 11.4 Å². The number of fused-ring (bicyclic) bond motifs is 1. The van der Waals surface area contributed by atoms with Crippen LogP contribution in [-0.4, -0.2) is 27.4 Å². The Hall–Kier alpha value is -2.19. The Kier molecular flexibility index (Phi) is 5.74. The van der Waals surface area contributed by atoms with Crippen LogP contribution in [0.15, 0.2) is 52.2 Å².